The van der Waals surface area contributed by atoms with Crippen LogP contribution in [0.5, 0.6) is 0 Å². The molecule has 0 aromatic heterocycles. The summed E-state index contributed by atoms with van der Waals surface area (Å²) in [5, 5.41) is 0. The summed E-state index contributed by atoms with van der Waals surface area (Å²) in [4.78, 5) is 26.2. The van der Waals surface area contributed by atoms with Crippen LogP contribution in [0, 0.1) is 3.57 Å². The lowest BCUT2D eigenvalue weighted by Gasteiger charge is -2.14. The Balaban J connectivity index is 1.89. The third-order valence-electron chi connectivity index (χ3n) is 3.72. The average Bonchev–Trinajstić information content (AvgIpc) is 2.74. The maximum absolute atomic E-state index is 12.5. The van der Waals surface area contributed by atoms with E-state index >= 15 is 0 Å². The highest BCUT2D eigenvalue weighted by atomic mass is 127. The van der Waals surface area contributed by atoms with Gasteiger partial charge in [0.15, 0.2) is 0 Å². The van der Waals surface area contributed by atoms with Crippen molar-refractivity contribution in [1.82, 2.24) is 4.90 Å². The number of hydrogen-bond donors (Lipinski definition) is 0. The minimum atomic E-state index is -0.201. The number of imide groups is 1. The molecule has 1 heterocycles. The van der Waals surface area contributed by atoms with Gasteiger partial charge in [0, 0.05) is 3.57 Å². The Bertz CT molecular complexity index is 722. The van der Waals surface area contributed by atoms with Crippen LogP contribution in [0.3, 0.4) is 0 Å². The number of fused-ring (bicyclic) bond motifs is 1. The first-order chi connectivity index (χ1) is 10.1. The number of carbonyl (C=O) groups excluding carboxylic acids is 2. The highest BCUT2D eigenvalue weighted by molar-refractivity contribution is 14.1. The fourth-order valence-electron chi connectivity index (χ4n) is 2.50. The third-order valence-corrected chi connectivity index (χ3v) is 4.62. The zero-order chi connectivity index (χ0) is 15.0. The van der Waals surface area contributed by atoms with Crippen LogP contribution in [0.4, 0.5) is 0 Å². The molecule has 1 aliphatic heterocycles. The first kappa shape index (κ1) is 14.3. The van der Waals surface area contributed by atoms with Gasteiger partial charge in [-0.3, -0.25) is 14.5 Å². The zero-order valence-electron chi connectivity index (χ0n) is 11.6. The van der Waals surface area contributed by atoms with E-state index in [2.05, 4.69) is 29.5 Å². The van der Waals surface area contributed by atoms with E-state index in [4.69, 9.17) is 0 Å². The molecule has 106 valence electrons. The predicted octanol–water partition coefficient (Wildman–Crippen LogP) is 3.65. The van der Waals surface area contributed by atoms with Crippen molar-refractivity contribution in [2.24, 2.45) is 0 Å². The van der Waals surface area contributed by atoms with Crippen molar-refractivity contribution < 1.29 is 9.59 Å². The minimum Gasteiger partial charge on any atom is -0.270 e. The number of nitrogens with zero attached hydrogens (tertiary/aromatic N) is 1. The van der Waals surface area contributed by atoms with Crippen LogP contribution >= 0.6 is 22.6 Å². The first-order valence-corrected chi connectivity index (χ1v) is 7.92. The van der Waals surface area contributed by atoms with E-state index in [1.165, 1.54) is 10.5 Å². The molecule has 3 nitrogen and oxygen atoms in total. The second-order valence-electron chi connectivity index (χ2n) is 5.03. The van der Waals surface area contributed by atoms with Crippen molar-refractivity contribution in [1.29, 1.82) is 0 Å². The maximum atomic E-state index is 12.5. The Morgan fingerprint density at radius 3 is 2.24 bits per heavy atom. The Morgan fingerprint density at radius 1 is 0.952 bits per heavy atom. The molecular weight excluding hydrogens is 377 g/mol. The monoisotopic (exact) mass is 391 g/mol. The molecule has 3 rings (SSSR count). The van der Waals surface area contributed by atoms with Gasteiger partial charge in [-0.25, -0.2) is 0 Å². The van der Waals surface area contributed by atoms with Crippen LogP contribution in [-0.2, 0) is 13.0 Å². The molecule has 0 bridgehead atoms. The molecule has 2 amide bonds. The molecule has 21 heavy (non-hydrogen) atoms. The number of carbonyl (C=O) groups is 2. The van der Waals surface area contributed by atoms with Crippen LogP contribution in [-0.4, -0.2) is 16.7 Å². The quantitative estimate of drug-likeness (QED) is 0.592. The van der Waals surface area contributed by atoms with E-state index < -0.39 is 0 Å². The molecule has 0 spiro atoms. The van der Waals surface area contributed by atoms with Crippen molar-refractivity contribution in [2.45, 2.75) is 19.9 Å². The summed E-state index contributed by atoms with van der Waals surface area (Å²) in [6.45, 7) is 2.42. The van der Waals surface area contributed by atoms with Gasteiger partial charge in [-0.1, -0.05) is 37.3 Å². The summed E-state index contributed by atoms with van der Waals surface area (Å²) in [6, 6.07) is 13.4. The van der Waals surface area contributed by atoms with Gasteiger partial charge in [0.05, 0.1) is 17.7 Å². The fraction of sp³-hybridized carbons (Fsp3) is 0.176. The largest absolute Gasteiger partial charge is 0.270 e. The number of benzene rings is 2. The summed E-state index contributed by atoms with van der Waals surface area (Å²) < 4.78 is 0.826. The summed E-state index contributed by atoms with van der Waals surface area (Å²) in [6.07, 6.45) is 0.978. The van der Waals surface area contributed by atoms with Gasteiger partial charge >= 0.3 is 0 Å². The Labute approximate surface area is 137 Å². The summed E-state index contributed by atoms with van der Waals surface area (Å²) in [5.41, 5.74) is 3.26. The van der Waals surface area contributed by atoms with Gasteiger partial charge in [-0.15, -0.1) is 0 Å². The second-order valence-corrected chi connectivity index (χ2v) is 6.19. The van der Waals surface area contributed by atoms with Crippen LogP contribution in [0.15, 0.2) is 42.5 Å². The number of amides is 2. The second kappa shape index (κ2) is 5.60. The topological polar surface area (TPSA) is 37.4 Å². The lowest BCUT2D eigenvalue weighted by molar-refractivity contribution is 0.0642. The van der Waals surface area contributed by atoms with E-state index in [0.717, 1.165) is 15.6 Å². The molecule has 0 saturated carbocycles. The third kappa shape index (κ3) is 2.48. The van der Waals surface area contributed by atoms with E-state index in [9.17, 15) is 9.59 Å². The minimum absolute atomic E-state index is 0.195. The predicted molar refractivity (Wildman–Crippen MR) is 89.2 cm³/mol. The molecule has 0 saturated heterocycles. The van der Waals surface area contributed by atoms with E-state index in [1.807, 2.05) is 36.4 Å². The van der Waals surface area contributed by atoms with Gasteiger partial charge in [0.25, 0.3) is 11.8 Å². The highest BCUT2D eigenvalue weighted by Gasteiger charge is 2.36. The SMILES string of the molecule is CCc1ccc(CN2C(=O)c3cccc(I)c3C2=O)cc1. The summed E-state index contributed by atoms with van der Waals surface area (Å²) in [5.74, 6) is -0.396. The van der Waals surface area contributed by atoms with Crippen LogP contribution < -0.4 is 0 Å². The summed E-state index contributed by atoms with van der Waals surface area (Å²) >= 11 is 2.10. The Kier molecular flexibility index (Phi) is 3.80. The van der Waals surface area contributed by atoms with Gasteiger partial charge in [0.1, 0.15) is 0 Å². The van der Waals surface area contributed by atoms with Crippen LogP contribution in [0.2, 0.25) is 0 Å². The number of halogens is 1. The van der Waals surface area contributed by atoms with E-state index in [-0.39, 0.29) is 11.8 Å². The molecule has 4 heteroatoms. The number of rotatable bonds is 3. The Hall–Kier alpha value is -1.69. The van der Waals surface area contributed by atoms with E-state index in [0.29, 0.717) is 17.7 Å². The van der Waals surface area contributed by atoms with Gasteiger partial charge in [-0.2, -0.15) is 0 Å². The molecule has 0 unspecified atom stereocenters. The molecule has 0 fully saturated rings. The fourth-order valence-corrected chi connectivity index (χ4v) is 3.23. The Morgan fingerprint density at radius 2 is 1.62 bits per heavy atom. The van der Waals surface area contributed by atoms with Gasteiger partial charge in [-0.05, 0) is 52.3 Å². The van der Waals surface area contributed by atoms with Crippen LogP contribution in [0.1, 0.15) is 38.8 Å². The number of hydrogen-bond acceptors (Lipinski definition) is 2. The molecule has 2 aromatic carbocycles. The molecule has 1 aliphatic rings. The summed E-state index contributed by atoms with van der Waals surface area (Å²) in [7, 11) is 0. The maximum Gasteiger partial charge on any atom is 0.262 e. The molecule has 0 aliphatic carbocycles. The van der Waals surface area contributed by atoms with E-state index in [1.54, 1.807) is 6.07 Å². The number of aryl methyl sites for hydroxylation is 1. The van der Waals surface area contributed by atoms with Crippen molar-refractivity contribution in [2.75, 3.05) is 0 Å². The normalized spacial score (nSPS) is 13.7. The average molecular weight is 391 g/mol. The first-order valence-electron chi connectivity index (χ1n) is 6.84. The molecule has 0 N–H and O–H groups in total. The molecule has 0 atom stereocenters. The standard InChI is InChI=1S/C17H14INO2/c1-2-11-6-8-12(9-7-11)10-19-16(20)13-4-3-5-14(18)15(13)17(19)21/h3-9H,2,10H2,1H3. The molecule has 0 radical (unpaired) electrons. The van der Waals surface area contributed by atoms with Crippen molar-refractivity contribution in [3.05, 3.63) is 68.3 Å². The zero-order valence-corrected chi connectivity index (χ0v) is 13.8. The van der Waals surface area contributed by atoms with Crippen molar-refractivity contribution in [3.8, 4) is 0 Å². The lowest BCUT2D eigenvalue weighted by atomic mass is 10.1. The van der Waals surface area contributed by atoms with Crippen molar-refractivity contribution in [3.63, 3.8) is 0 Å². The van der Waals surface area contributed by atoms with Gasteiger partial charge < -0.3 is 0 Å². The smallest absolute Gasteiger partial charge is 0.262 e. The molecule has 2 aromatic rings. The van der Waals surface area contributed by atoms with Crippen molar-refractivity contribution >= 4 is 34.4 Å². The van der Waals surface area contributed by atoms with Gasteiger partial charge in [0.2, 0.25) is 0 Å². The highest BCUT2D eigenvalue weighted by Crippen LogP contribution is 2.28. The molecular formula is C17H14INO2. The lowest BCUT2D eigenvalue weighted by Crippen LogP contribution is -2.29. The van der Waals surface area contributed by atoms with Crippen LogP contribution in [0.25, 0.3) is 0 Å².